The van der Waals surface area contributed by atoms with Gasteiger partial charge in [-0.3, -0.25) is 9.69 Å². The zero-order valence-corrected chi connectivity index (χ0v) is 15.8. The molecule has 0 unspecified atom stereocenters. The average molecular weight is 401 g/mol. The summed E-state index contributed by atoms with van der Waals surface area (Å²) < 4.78 is 37.1. The fourth-order valence-electron chi connectivity index (χ4n) is 2.80. The molecule has 9 heteroatoms. The fourth-order valence-corrected chi connectivity index (χ4v) is 3.94. The molecule has 0 aliphatic carbocycles. The number of hydrogen-bond donors (Lipinski definition) is 0. The van der Waals surface area contributed by atoms with Gasteiger partial charge in [0.15, 0.2) is 0 Å². The number of thioether (sulfide) groups is 1. The number of nitrogens with zero attached hydrogens (tertiary/aromatic N) is 3. The Balaban J connectivity index is 1.53. The van der Waals surface area contributed by atoms with Crippen LogP contribution in [0.25, 0.3) is 0 Å². The Bertz CT molecular complexity index is 753. The van der Waals surface area contributed by atoms with E-state index >= 15 is 0 Å². The van der Waals surface area contributed by atoms with Crippen LogP contribution in [-0.2, 0) is 6.54 Å². The molecule has 140 valence electrons. The first-order valence-electron chi connectivity index (χ1n) is 8.08. The van der Waals surface area contributed by atoms with Gasteiger partial charge in [0.25, 0.3) is 5.91 Å². The second kappa shape index (κ2) is 7.98. The lowest BCUT2D eigenvalue weighted by molar-refractivity contribution is -0.0328. The third kappa shape index (κ3) is 5.21. The van der Waals surface area contributed by atoms with Gasteiger partial charge in [-0.2, -0.15) is 13.2 Å². The second-order valence-corrected chi connectivity index (χ2v) is 8.20. The molecule has 0 atom stereocenters. The Kier molecular flexibility index (Phi) is 5.89. The zero-order valence-electron chi connectivity index (χ0n) is 14.1. The van der Waals surface area contributed by atoms with Crippen LogP contribution in [0.1, 0.15) is 21.1 Å². The van der Waals surface area contributed by atoms with Crippen LogP contribution in [0.15, 0.2) is 34.5 Å². The number of rotatable bonds is 4. The van der Waals surface area contributed by atoms with Gasteiger partial charge in [-0.15, -0.1) is 11.3 Å². The predicted molar refractivity (Wildman–Crippen MR) is 96.4 cm³/mol. The van der Waals surface area contributed by atoms with Crippen LogP contribution in [0, 0.1) is 6.92 Å². The van der Waals surface area contributed by atoms with E-state index in [9.17, 15) is 18.0 Å². The third-order valence-corrected chi connectivity index (χ3v) is 5.61. The van der Waals surface area contributed by atoms with E-state index in [1.165, 1.54) is 24.3 Å². The average Bonchev–Trinajstić information content (AvgIpc) is 2.99. The summed E-state index contributed by atoms with van der Waals surface area (Å²) in [6.07, 6.45) is 0. The number of aryl methyl sites for hydroxylation is 1. The van der Waals surface area contributed by atoms with Gasteiger partial charge >= 0.3 is 5.51 Å². The van der Waals surface area contributed by atoms with Gasteiger partial charge in [-0.05, 0) is 43.0 Å². The van der Waals surface area contributed by atoms with Crippen molar-refractivity contribution in [3.8, 4) is 0 Å². The van der Waals surface area contributed by atoms with E-state index in [4.69, 9.17) is 0 Å². The van der Waals surface area contributed by atoms with Gasteiger partial charge in [0.2, 0.25) is 0 Å². The molecule has 1 aromatic heterocycles. The Morgan fingerprint density at radius 1 is 1.19 bits per heavy atom. The second-order valence-electron chi connectivity index (χ2n) is 6.00. The van der Waals surface area contributed by atoms with Crippen molar-refractivity contribution in [2.45, 2.75) is 23.9 Å². The van der Waals surface area contributed by atoms with E-state index in [2.05, 4.69) is 9.88 Å². The molecule has 4 nitrogen and oxygen atoms in total. The number of halogens is 3. The maximum Gasteiger partial charge on any atom is 0.446 e. The summed E-state index contributed by atoms with van der Waals surface area (Å²) in [4.78, 5) is 21.1. The van der Waals surface area contributed by atoms with Crippen LogP contribution in [0.2, 0.25) is 0 Å². The van der Waals surface area contributed by atoms with Crippen LogP contribution in [0.5, 0.6) is 0 Å². The van der Waals surface area contributed by atoms with E-state index in [-0.39, 0.29) is 22.6 Å². The van der Waals surface area contributed by atoms with Gasteiger partial charge < -0.3 is 4.90 Å². The standard InChI is InChI=1S/C17H18F3N3OS2/c1-12-21-14(11-25-12)10-22-6-8-23(9-7-22)16(24)13-2-4-15(5-3-13)26-17(18,19)20/h2-5,11H,6-10H2,1H3. The molecule has 1 aliphatic rings. The van der Waals surface area contributed by atoms with E-state index in [1.54, 1.807) is 16.2 Å². The number of hydrogen-bond acceptors (Lipinski definition) is 5. The van der Waals surface area contributed by atoms with E-state index < -0.39 is 5.51 Å². The fraction of sp³-hybridized carbons (Fsp3) is 0.412. The Morgan fingerprint density at radius 3 is 2.38 bits per heavy atom. The van der Waals surface area contributed by atoms with Crippen molar-refractivity contribution in [3.05, 3.63) is 45.9 Å². The first-order chi connectivity index (χ1) is 12.3. The summed E-state index contributed by atoms with van der Waals surface area (Å²) in [5.41, 5.74) is -2.86. The summed E-state index contributed by atoms with van der Waals surface area (Å²) >= 11 is 1.45. The van der Waals surface area contributed by atoms with E-state index in [1.807, 2.05) is 12.3 Å². The molecule has 1 amide bonds. The largest absolute Gasteiger partial charge is 0.446 e. The minimum Gasteiger partial charge on any atom is -0.336 e. The quantitative estimate of drug-likeness (QED) is 0.725. The molecule has 1 aromatic carbocycles. The van der Waals surface area contributed by atoms with Crippen molar-refractivity contribution in [1.29, 1.82) is 0 Å². The van der Waals surface area contributed by atoms with Gasteiger partial charge in [0.1, 0.15) is 0 Å². The number of amides is 1. The lowest BCUT2D eigenvalue weighted by Crippen LogP contribution is -2.48. The third-order valence-electron chi connectivity index (χ3n) is 4.05. The lowest BCUT2D eigenvalue weighted by atomic mass is 10.2. The summed E-state index contributed by atoms with van der Waals surface area (Å²) in [6.45, 7) is 5.45. The molecule has 3 rings (SSSR count). The molecule has 0 saturated carbocycles. The smallest absolute Gasteiger partial charge is 0.336 e. The number of thiazole rings is 1. The summed E-state index contributed by atoms with van der Waals surface area (Å²) in [6, 6.07) is 5.60. The van der Waals surface area contributed by atoms with E-state index in [0.29, 0.717) is 18.7 Å². The Labute approximate surface area is 158 Å². The highest BCUT2D eigenvalue weighted by atomic mass is 32.2. The van der Waals surface area contributed by atoms with Crippen LogP contribution >= 0.6 is 23.1 Å². The number of carbonyl (C=O) groups is 1. The zero-order chi connectivity index (χ0) is 18.7. The maximum atomic E-state index is 12.5. The molecule has 0 bridgehead atoms. The molecule has 2 heterocycles. The predicted octanol–water partition coefficient (Wildman–Crippen LogP) is 4.02. The SMILES string of the molecule is Cc1nc(CN2CCN(C(=O)c3ccc(SC(F)(F)F)cc3)CC2)cs1. The van der Waals surface area contributed by atoms with Crippen molar-refractivity contribution in [2.75, 3.05) is 26.2 Å². The topological polar surface area (TPSA) is 36.4 Å². The van der Waals surface area contributed by atoms with Gasteiger partial charge in [-0.1, -0.05) is 0 Å². The minimum atomic E-state index is -4.32. The van der Waals surface area contributed by atoms with Crippen molar-refractivity contribution in [2.24, 2.45) is 0 Å². The number of benzene rings is 1. The van der Waals surface area contributed by atoms with Gasteiger partial charge in [0, 0.05) is 48.6 Å². The molecule has 0 radical (unpaired) electrons. The number of piperazine rings is 1. The first-order valence-corrected chi connectivity index (χ1v) is 9.78. The minimum absolute atomic E-state index is 0.0809. The summed E-state index contributed by atoms with van der Waals surface area (Å²) in [5.74, 6) is -0.141. The first kappa shape index (κ1) is 19.2. The van der Waals surface area contributed by atoms with Crippen LogP contribution in [0.4, 0.5) is 13.2 Å². The molecule has 0 N–H and O–H groups in total. The number of alkyl halides is 3. The monoisotopic (exact) mass is 401 g/mol. The summed E-state index contributed by atoms with van der Waals surface area (Å²) in [7, 11) is 0. The highest BCUT2D eigenvalue weighted by Gasteiger charge is 2.29. The molecule has 1 saturated heterocycles. The lowest BCUT2D eigenvalue weighted by Gasteiger charge is -2.34. The molecular weight excluding hydrogens is 383 g/mol. The van der Waals surface area contributed by atoms with Crippen LogP contribution in [0.3, 0.4) is 0 Å². The molecule has 26 heavy (non-hydrogen) atoms. The molecule has 2 aromatic rings. The van der Waals surface area contributed by atoms with Gasteiger partial charge in [-0.25, -0.2) is 4.98 Å². The highest BCUT2D eigenvalue weighted by Crippen LogP contribution is 2.36. The highest BCUT2D eigenvalue weighted by molar-refractivity contribution is 8.00. The Morgan fingerprint density at radius 2 is 1.85 bits per heavy atom. The molecule has 0 spiro atoms. The van der Waals surface area contributed by atoms with E-state index in [0.717, 1.165) is 30.3 Å². The van der Waals surface area contributed by atoms with Crippen molar-refractivity contribution in [1.82, 2.24) is 14.8 Å². The number of aromatic nitrogens is 1. The van der Waals surface area contributed by atoms with Crippen LogP contribution < -0.4 is 0 Å². The normalized spacial score (nSPS) is 16.1. The van der Waals surface area contributed by atoms with Crippen molar-refractivity contribution >= 4 is 29.0 Å². The Hall–Kier alpha value is -1.58. The molecular formula is C17H18F3N3OS2. The summed E-state index contributed by atoms with van der Waals surface area (Å²) in [5, 5.41) is 3.09. The number of carbonyl (C=O) groups excluding carboxylic acids is 1. The molecule has 1 aliphatic heterocycles. The van der Waals surface area contributed by atoms with Crippen LogP contribution in [-0.4, -0.2) is 52.4 Å². The van der Waals surface area contributed by atoms with Gasteiger partial charge in [0.05, 0.1) is 10.7 Å². The maximum absolute atomic E-state index is 12.5. The molecule has 1 fully saturated rings. The van der Waals surface area contributed by atoms with Crippen molar-refractivity contribution < 1.29 is 18.0 Å². The van der Waals surface area contributed by atoms with Crippen molar-refractivity contribution in [3.63, 3.8) is 0 Å².